The van der Waals surface area contributed by atoms with E-state index in [2.05, 4.69) is 6.92 Å². The predicted octanol–water partition coefficient (Wildman–Crippen LogP) is 2.98. The van der Waals surface area contributed by atoms with Crippen molar-refractivity contribution in [2.75, 3.05) is 6.54 Å². The topological polar surface area (TPSA) is 53.7 Å². The number of furan rings is 1. The SMILES string of the molecule is CCc1ccc2occ(C(=O)N3CCC[C@H](O)[C@H]3C)c2c1. The summed E-state index contributed by atoms with van der Waals surface area (Å²) in [6, 6.07) is 5.81. The zero-order valence-electron chi connectivity index (χ0n) is 12.5. The molecule has 4 nitrogen and oxygen atoms in total. The second kappa shape index (κ2) is 5.53. The molecule has 2 atom stereocenters. The molecule has 0 bridgehead atoms. The number of hydrogen-bond acceptors (Lipinski definition) is 3. The number of amides is 1. The second-order valence-corrected chi connectivity index (χ2v) is 5.78. The molecule has 1 N–H and O–H groups in total. The average Bonchev–Trinajstić information content (AvgIpc) is 2.92. The number of aliphatic hydroxyl groups is 1. The standard InChI is InChI=1S/C17H21NO3/c1-3-12-6-7-16-13(9-12)14(10-21-16)17(20)18-8-4-5-15(19)11(18)2/h6-7,9-11,15,19H,3-5,8H2,1-2H3/t11-,15+/m1/s1. The van der Waals surface area contributed by atoms with Crippen LogP contribution in [0.15, 0.2) is 28.9 Å². The molecule has 3 rings (SSSR count). The van der Waals surface area contributed by atoms with Gasteiger partial charge in [0.2, 0.25) is 0 Å². The largest absolute Gasteiger partial charge is 0.463 e. The van der Waals surface area contributed by atoms with Gasteiger partial charge in [-0.25, -0.2) is 0 Å². The van der Waals surface area contributed by atoms with Crippen LogP contribution in [0.4, 0.5) is 0 Å². The monoisotopic (exact) mass is 287 g/mol. The van der Waals surface area contributed by atoms with Crippen molar-refractivity contribution in [1.82, 2.24) is 4.90 Å². The fourth-order valence-corrected chi connectivity index (χ4v) is 3.03. The van der Waals surface area contributed by atoms with Crippen LogP contribution >= 0.6 is 0 Å². The molecule has 2 heterocycles. The van der Waals surface area contributed by atoms with Crippen molar-refractivity contribution in [1.29, 1.82) is 0 Å². The molecule has 2 aromatic rings. The molecule has 1 aliphatic rings. The van der Waals surface area contributed by atoms with E-state index in [4.69, 9.17) is 4.42 Å². The van der Waals surface area contributed by atoms with Crippen molar-refractivity contribution in [2.45, 2.75) is 45.3 Å². The first-order valence-electron chi connectivity index (χ1n) is 7.61. The smallest absolute Gasteiger partial charge is 0.258 e. The summed E-state index contributed by atoms with van der Waals surface area (Å²) in [7, 11) is 0. The normalized spacial score (nSPS) is 22.7. The molecule has 4 heteroatoms. The van der Waals surface area contributed by atoms with E-state index in [0.29, 0.717) is 12.1 Å². The van der Waals surface area contributed by atoms with Gasteiger partial charge in [-0.3, -0.25) is 4.79 Å². The molecule has 1 saturated heterocycles. The summed E-state index contributed by atoms with van der Waals surface area (Å²) < 4.78 is 5.51. The van der Waals surface area contributed by atoms with E-state index < -0.39 is 6.10 Å². The quantitative estimate of drug-likeness (QED) is 0.924. The van der Waals surface area contributed by atoms with Crippen LogP contribution in [-0.2, 0) is 6.42 Å². The molecule has 21 heavy (non-hydrogen) atoms. The lowest BCUT2D eigenvalue weighted by Gasteiger charge is -2.36. The Bertz CT molecular complexity index is 661. The molecule has 1 aromatic carbocycles. The van der Waals surface area contributed by atoms with Gasteiger partial charge in [0.1, 0.15) is 11.8 Å². The zero-order valence-corrected chi connectivity index (χ0v) is 12.5. The maximum Gasteiger partial charge on any atom is 0.258 e. The van der Waals surface area contributed by atoms with Gasteiger partial charge < -0.3 is 14.4 Å². The highest BCUT2D eigenvalue weighted by molar-refractivity contribution is 6.06. The van der Waals surface area contributed by atoms with Crippen molar-refractivity contribution >= 4 is 16.9 Å². The predicted molar refractivity (Wildman–Crippen MR) is 81.3 cm³/mol. The van der Waals surface area contributed by atoms with Gasteiger partial charge in [-0.05, 0) is 43.9 Å². The minimum absolute atomic E-state index is 0.0479. The summed E-state index contributed by atoms with van der Waals surface area (Å²) in [5.74, 6) is -0.0479. The number of aliphatic hydroxyl groups excluding tert-OH is 1. The number of benzene rings is 1. The number of aryl methyl sites for hydroxylation is 1. The number of likely N-dealkylation sites (tertiary alicyclic amines) is 1. The zero-order chi connectivity index (χ0) is 15.0. The summed E-state index contributed by atoms with van der Waals surface area (Å²) >= 11 is 0. The van der Waals surface area contributed by atoms with E-state index in [1.54, 1.807) is 11.2 Å². The fraction of sp³-hybridized carbons (Fsp3) is 0.471. The molecule has 0 aliphatic carbocycles. The number of fused-ring (bicyclic) bond motifs is 1. The summed E-state index contributed by atoms with van der Waals surface area (Å²) in [6.07, 6.45) is 3.63. The van der Waals surface area contributed by atoms with Crippen LogP contribution in [0.1, 0.15) is 42.6 Å². The van der Waals surface area contributed by atoms with Crippen molar-refractivity contribution in [3.05, 3.63) is 35.6 Å². The molecule has 1 fully saturated rings. The first-order chi connectivity index (χ1) is 10.1. The van der Waals surface area contributed by atoms with Gasteiger partial charge in [-0.15, -0.1) is 0 Å². The Morgan fingerprint density at radius 2 is 2.29 bits per heavy atom. The van der Waals surface area contributed by atoms with Gasteiger partial charge in [0.15, 0.2) is 0 Å². The van der Waals surface area contributed by atoms with Gasteiger partial charge in [0, 0.05) is 11.9 Å². The third kappa shape index (κ3) is 2.44. The van der Waals surface area contributed by atoms with Crippen LogP contribution in [0.3, 0.4) is 0 Å². The molecule has 0 radical (unpaired) electrons. The lowest BCUT2D eigenvalue weighted by atomic mass is 9.99. The van der Waals surface area contributed by atoms with Crippen LogP contribution in [-0.4, -0.2) is 34.6 Å². The van der Waals surface area contributed by atoms with E-state index in [1.807, 2.05) is 25.1 Å². The molecule has 1 aliphatic heterocycles. The highest BCUT2D eigenvalue weighted by atomic mass is 16.3. The van der Waals surface area contributed by atoms with E-state index in [0.717, 1.165) is 30.2 Å². The number of nitrogens with zero attached hydrogens (tertiary/aromatic N) is 1. The third-order valence-corrected chi connectivity index (χ3v) is 4.48. The maximum absolute atomic E-state index is 12.8. The summed E-state index contributed by atoms with van der Waals surface area (Å²) in [5, 5.41) is 10.8. The van der Waals surface area contributed by atoms with E-state index >= 15 is 0 Å². The molecule has 112 valence electrons. The molecule has 1 aromatic heterocycles. The minimum atomic E-state index is -0.438. The number of carbonyl (C=O) groups is 1. The Balaban J connectivity index is 1.97. The van der Waals surface area contributed by atoms with Crippen molar-refractivity contribution in [3.8, 4) is 0 Å². The van der Waals surface area contributed by atoms with E-state index in [-0.39, 0.29) is 11.9 Å². The van der Waals surface area contributed by atoms with Crippen molar-refractivity contribution < 1.29 is 14.3 Å². The van der Waals surface area contributed by atoms with Gasteiger partial charge >= 0.3 is 0 Å². The molecular weight excluding hydrogens is 266 g/mol. The van der Waals surface area contributed by atoms with Crippen LogP contribution in [0.25, 0.3) is 11.0 Å². The number of piperidine rings is 1. The second-order valence-electron chi connectivity index (χ2n) is 5.78. The highest BCUT2D eigenvalue weighted by Crippen LogP contribution is 2.27. The first kappa shape index (κ1) is 14.1. The van der Waals surface area contributed by atoms with Crippen molar-refractivity contribution in [3.63, 3.8) is 0 Å². The van der Waals surface area contributed by atoms with Gasteiger partial charge in [-0.2, -0.15) is 0 Å². The van der Waals surface area contributed by atoms with Crippen LogP contribution in [0.2, 0.25) is 0 Å². The molecule has 0 unspecified atom stereocenters. The Hall–Kier alpha value is -1.81. The van der Waals surface area contributed by atoms with Crippen LogP contribution in [0, 0.1) is 0 Å². The number of carbonyl (C=O) groups excluding carboxylic acids is 1. The van der Waals surface area contributed by atoms with Crippen LogP contribution < -0.4 is 0 Å². The van der Waals surface area contributed by atoms with E-state index in [9.17, 15) is 9.90 Å². The first-order valence-corrected chi connectivity index (χ1v) is 7.61. The highest BCUT2D eigenvalue weighted by Gasteiger charge is 2.31. The Labute approximate surface area is 124 Å². The van der Waals surface area contributed by atoms with Crippen LogP contribution in [0.5, 0.6) is 0 Å². The van der Waals surface area contributed by atoms with E-state index in [1.165, 1.54) is 5.56 Å². The lowest BCUT2D eigenvalue weighted by Crippen LogP contribution is -2.49. The molecule has 1 amide bonds. The Morgan fingerprint density at radius 3 is 3.05 bits per heavy atom. The summed E-state index contributed by atoms with van der Waals surface area (Å²) in [6.45, 7) is 4.69. The minimum Gasteiger partial charge on any atom is -0.463 e. The molecular formula is C17H21NO3. The van der Waals surface area contributed by atoms with Crippen molar-refractivity contribution in [2.24, 2.45) is 0 Å². The number of rotatable bonds is 2. The number of hydrogen-bond donors (Lipinski definition) is 1. The van der Waals surface area contributed by atoms with Gasteiger partial charge in [0.05, 0.1) is 17.7 Å². The molecule has 0 saturated carbocycles. The Morgan fingerprint density at radius 1 is 1.48 bits per heavy atom. The molecule has 0 spiro atoms. The average molecular weight is 287 g/mol. The fourth-order valence-electron chi connectivity index (χ4n) is 3.03. The summed E-state index contributed by atoms with van der Waals surface area (Å²) in [5.41, 5.74) is 2.52. The lowest BCUT2D eigenvalue weighted by molar-refractivity contribution is 0.0181. The van der Waals surface area contributed by atoms with Gasteiger partial charge in [-0.1, -0.05) is 13.0 Å². The summed E-state index contributed by atoms with van der Waals surface area (Å²) in [4.78, 5) is 14.5. The van der Waals surface area contributed by atoms with Gasteiger partial charge in [0.25, 0.3) is 5.91 Å². The maximum atomic E-state index is 12.8. The Kier molecular flexibility index (Phi) is 3.72. The third-order valence-electron chi connectivity index (χ3n) is 4.48.